The molecule has 4 heteroatoms. The quantitative estimate of drug-likeness (QED) is 0.802. The number of hydrogen-bond donors (Lipinski definition) is 0. The van der Waals surface area contributed by atoms with E-state index in [1.54, 1.807) is 18.2 Å². The SMILES string of the molecule is CCC(C)C(=O)COc1ccc2c(c1)OCC2=O. The molecule has 4 nitrogen and oxygen atoms in total. The Bertz CT molecular complexity index is 479. The highest BCUT2D eigenvalue weighted by Gasteiger charge is 2.21. The second kappa shape index (κ2) is 5.21. The second-order valence-electron chi connectivity index (χ2n) is 4.43. The second-order valence-corrected chi connectivity index (χ2v) is 4.43. The lowest BCUT2D eigenvalue weighted by molar-refractivity contribution is -0.124. The standard InChI is InChI=1S/C14H16O4/c1-3-9(2)12(15)7-17-10-4-5-11-13(16)8-18-14(11)6-10/h4-6,9H,3,7-8H2,1-2H3. The van der Waals surface area contributed by atoms with Crippen LogP contribution in [0.4, 0.5) is 0 Å². The number of ether oxygens (including phenoxy) is 2. The van der Waals surface area contributed by atoms with E-state index in [-0.39, 0.29) is 30.7 Å². The van der Waals surface area contributed by atoms with E-state index >= 15 is 0 Å². The summed E-state index contributed by atoms with van der Waals surface area (Å²) >= 11 is 0. The van der Waals surface area contributed by atoms with Gasteiger partial charge in [0.25, 0.3) is 0 Å². The molecule has 0 saturated carbocycles. The summed E-state index contributed by atoms with van der Waals surface area (Å²) in [4.78, 5) is 23.0. The molecule has 2 rings (SSSR count). The van der Waals surface area contributed by atoms with Gasteiger partial charge < -0.3 is 9.47 Å². The van der Waals surface area contributed by atoms with E-state index in [0.29, 0.717) is 17.1 Å². The summed E-state index contributed by atoms with van der Waals surface area (Å²) in [6.07, 6.45) is 0.810. The first-order chi connectivity index (χ1) is 8.61. The predicted octanol–water partition coefficient (Wildman–Crippen LogP) is 2.26. The van der Waals surface area contributed by atoms with Crippen molar-refractivity contribution in [2.75, 3.05) is 13.2 Å². The molecule has 0 N–H and O–H groups in total. The van der Waals surface area contributed by atoms with Gasteiger partial charge in [0, 0.05) is 12.0 Å². The number of benzene rings is 1. The first-order valence-electron chi connectivity index (χ1n) is 6.07. The van der Waals surface area contributed by atoms with Crippen LogP contribution in [0.2, 0.25) is 0 Å². The zero-order valence-corrected chi connectivity index (χ0v) is 10.6. The highest BCUT2D eigenvalue weighted by molar-refractivity contribution is 6.02. The minimum Gasteiger partial charge on any atom is -0.486 e. The maximum absolute atomic E-state index is 11.6. The van der Waals surface area contributed by atoms with E-state index in [1.807, 2.05) is 13.8 Å². The van der Waals surface area contributed by atoms with E-state index in [4.69, 9.17) is 9.47 Å². The third-order valence-electron chi connectivity index (χ3n) is 3.16. The maximum Gasteiger partial charge on any atom is 0.203 e. The molecule has 1 aliphatic rings. The molecular weight excluding hydrogens is 232 g/mol. The summed E-state index contributed by atoms with van der Waals surface area (Å²) in [6.45, 7) is 4.00. The molecule has 1 heterocycles. The predicted molar refractivity (Wildman–Crippen MR) is 66.2 cm³/mol. The first kappa shape index (κ1) is 12.6. The monoisotopic (exact) mass is 248 g/mol. The summed E-state index contributed by atoms with van der Waals surface area (Å²) in [5, 5.41) is 0. The molecule has 0 spiro atoms. The largest absolute Gasteiger partial charge is 0.486 e. The van der Waals surface area contributed by atoms with Gasteiger partial charge in [0.15, 0.2) is 12.4 Å². The molecule has 1 unspecified atom stereocenters. The van der Waals surface area contributed by atoms with E-state index in [0.717, 1.165) is 6.42 Å². The third-order valence-corrected chi connectivity index (χ3v) is 3.16. The minimum absolute atomic E-state index is 0.0113. The van der Waals surface area contributed by atoms with E-state index in [1.165, 1.54) is 0 Å². The Morgan fingerprint density at radius 3 is 3.00 bits per heavy atom. The molecule has 0 aliphatic carbocycles. The van der Waals surface area contributed by atoms with Crippen LogP contribution in [0.25, 0.3) is 0 Å². The zero-order valence-electron chi connectivity index (χ0n) is 10.6. The minimum atomic E-state index is -0.0211. The average molecular weight is 248 g/mol. The van der Waals surface area contributed by atoms with Crippen molar-refractivity contribution in [3.05, 3.63) is 23.8 Å². The molecule has 0 radical (unpaired) electrons. The van der Waals surface area contributed by atoms with Crippen LogP contribution in [0.1, 0.15) is 30.6 Å². The van der Waals surface area contributed by atoms with E-state index < -0.39 is 0 Å². The van der Waals surface area contributed by atoms with Gasteiger partial charge in [-0.2, -0.15) is 0 Å². The fraction of sp³-hybridized carbons (Fsp3) is 0.429. The number of Topliss-reactive ketones (excluding diaryl/α,β-unsaturated/α-hetero) is 2. The number of rotatable bonds is 5. The number of fused-ring (bicyclic) bond motifs is 1. The zero-order chi connectivity index (χ0) is 13.1. The van der Waals surface area contributed by atoms with Crippen molar-refractivity contribution in [2.24, 2.45) is 5.92 Å². The van der Waals surface area contributed by atoms with Gasteiger partial charge in [-0.1, -0.05) is 13.8 Å². The molecule has 0 bridgehead atoms. The Morgan fingerprint density at radius 1 is 1.50 bits per heavy atom. The molecule has 0 aromatic heterocycles. The fourth-order valence-electron chi connectivity index (χ4n) is 1.69. The van der Waals surface area contributed by atoms with Gasteiger partial charge in [-0.25, -0.2) is 0 Å². The smallest absolute Gasteiger partial charge is 0.203 e. The lowest BCUT2D eigenvalue weighted by Gasteiger charge is -2.09. The van der Waals surface area contributed by atoms with E-state index in [9.17, 15) is 9.59 Å². The Balaban J connectivity index is 1.99. The number of hydrogen-bond acceptors (Lipinski definition) is 4. The van der Waals surface area contributed by atoms with Crippen LogP contribution in [0.3, 0.4) is 0 Å². The van der Waals surface area contributed by atoms with Crippen LogP contribution in [0, 0.1) is 5.92 Å². The molecule has 0 fully saturated rings. The molecule has 1 aromatic carbocycles. The highest BCUT2D eigenvalue weighted by Crippen LogP contribution is 2.29. The summed E-state index contributed by atoms with van der Waals surface area (Å²) in [7, 11) is 0. The summed E-state index contributed by atoms with van der Waals surface area (Å²) in [6, 6.07) is 5.02. The van der Waals surface area contributed by atoms with Gasteiger partial charge in [0.05, 0.1) is 5.56 Å². The first-order valence-corrected chi connectivity index (χ1v) is 6.07. The molecule has 96 valence electrons. The van der Waals surface area contributed by atoms with Crippen molar-refractivity contribution >= 4 is 11.6 Å². The van der Waals surface area contributed by atoms with Gasteiger partial charge in [0.2, 0.25) is 5.78 Å². The Labute approximate surface area is 106 Å². The molecule has 1 atom stereocenters. The Morgan fingerprint density at radius 2 is 2.28 bits per heavy atom. The van der Waals surface area contributed by atoms with Crippen LogP contribution in [0.15, 0.2) is 18.2 Å². The van der Waals surface area contributed by atoms with Crippen molar-refractivity contribution in [3.63, 3.8) is 0 Å². The third kappa shape index (κ3) is 2.53. The normalized spacial score (nSPS) is 14.9. The van der Waals surface area contributed by atoms with Crippen LogP contribution in [0.5, 0.6) is 11.5 Å². The molecule has 0 saturated heterocycles. The lowest BCUT2D eigenvalue weighted by Crippen LogP contribution is -2.18. The van der Waals surface area contributed by atoms with Crippen molar-refractivity contribution in [1.29, 1.82) is 0 Å². The van der Waals surface area contributed by atoms with Crippen molar-refractivity contribution < 1.29 is 19.1 Å². The number of carbonyl (C=O) groups is 2. The van der Waals surface area contributed by atoms with Gasteiger partial charge in [-0.3, -0.25) is 9.59 Å². The summed E-state index contributed by atoms with van der Waals surface area (Å²) < 4.78 is 10.6. The van der Waals surface area contributed by atoms with Crippen molar-refractivity contribution in [2.45, 2.75) is 20.3 Å². The van der Waals surface area contributed by atoms with Crippen LogP contribution in [-0.2, 0) is 4.79 Å². The van der Waals surface area contributed by atoms with Crippen LogP contribution < -0.4 is 9.47 Å². The lowest BCUT2D eigenvalue weighted by atomic mass is 10.0. The van der Waals surface area contributed by atoms with Crippen LogP contribution >= 0.6 is 0 Å². The summed E-state index contributed by atoms with van der Waals surface area (Å²) in [5.74, 6) is 1.16. The van der Waals surface area contributed by atoms with Gasteiger partial charge in [-0.15, -0.1) is 0 Å². The molecule has 18 heavy (non-hydrogen) atoms. The molecule has 1 aromatic rings. The number of carbonyl (C=O) groups excluding carboxylic acids is 2. The van der Waals surface area contributed by atoms with Gasteiger partial charge in [-0.05, 0) is 18.6 Å². The van der Waals surface area contributed by atoms with Crippen molar-refractivity contribution in [1.82, 2.24) is 0 Å². The highest BCUT2D eigenvalue weighted by atomic mass is 16.5. The Hall–Kier alpha value is -1.84. The molecule has 0 amide bonds. The van der Waals surface area contributed by atoms with Crippen molar-refractivity contribution in [3.8, 4) is 11.5 Å². The van der Waals surface area contributed by atoms with Crippen LogP contribution in [-0.4, -0.2) is 24.8 Å². The topological polar surface area (TPSA) is 52.6 Å². The number of ketones is 2. The van der Waals surface area contributed by atoms with Gasteiger partial charge in [0.1, 0.15) is 18.1 Å². The molecular formula is C14H16O4. The maximum atomic E-state index is 11.6. The fourth-order valence-corrected chi connectivity index (χ4v) is 1.69. The summed E-state index contributed by atoms with van der Waals surface area (Å²) in [5.41, 5.74) is 0.579. The average Bonchev–Trinajstić information content (AvgIpc) is 2.76. The molecule has 1 aliphatic heterocycles. The van der Waals surface area contributed by atoms with Gasteiger partial charge >= 0.3 is 0 Å². The Kier molecular flexibility index (Phi) is 3.65. The van der Waals surface area contributed by atoms with E-state index in [2.05, 4.69) is 0 Å².